The molecule has 0 bridgehead atoms. The van der Waals surface area contributed by atoms with E-state index in [0.717, 1.165) is 9.47 Å². The van der Waals surface area contributed by atoms with Gasteiger partial charge in [-0.15, -0.1) is 0 Å². The van der Waals surface area contributed by atoms with Crippen LogP contribution in [0.4, 0.5) is 0 Å². The Morgan fingerprint density at radius 2 is 1.77 bits per heavy atom. The van der Waals surface area contributed by atoms with Crippen LogP contribution in [0, 0.1) is 6.92 Å². The molecule has 31 heavy (non-hydrogen) atoms. The molecule has 1 aromatic carbocycles. The fourth-order valence-corrected chi connectivity index (χ4v) is 3.77. The minimum atomic E-state index is -1.28. The average Bonchev–Trinajstić information content (AvgIpc) is 3.20. The lowest BCUT2D eigenvalue weighted by Crippen LogP contribution is -2.41. The van der Waals surface area contributed by atoms with Crippen molar-refractivity contribution in [1.82, 2.24) is 14.5 Å². The maximum absolute atomic E-state index is 12.5. The number of H-pyrrole nitrogens is 1. The first-order valence-electron chi connectivity index (χ1n) is 9.66. The molecule has 11 nitrogen and oxygen atoms in total. The number of aromatic nitrogens is 2. The summed E-state index contributed by atoms with van der Waals surface area (Å²) in [6.45, 7) is 0.767. The second-order valence-electron chi connectivity index (χ2n) is 7.36. The van der Waals surface area contributed by atoms with Crippen LogP contribution in [0.15, 0.2) is 40.1 Å². The second-order valence-corrected chi connectivity index (χ2v) is 7.36. The predicted molar refractivity (Wildman–Crippen MR) is 105 cm³/mol. The molecule has 0 aliphatic carbocycles. The van der Waals surface area contributed by atoms with Crippen LogP contribution in [0.2, 0.25) is 0 Å². The number of nitrogens with zero attached hydrogens (tertiary/aromatic N) is 2. The average molecular weight is 431 g/mol. The summed E-state index contributed by atoms with van der Waals surface area (Å²) in [6, 6.07) is 6.47. The van der Waals surface area contributed by atoms with E-state index >= 15 is 0 Å². The fraction of sp³-hybridized carbons (Fsp3) is 0.400. The summed E-state index contributed by atoms with van der Waals surface area (Å²) in [7, 11) is 0. The van der Waals surface area contributed by atoms with Crippen molar-refractivity contribution >= 4 is 11.8 Å². The van der Waals surface area contributed by atoms with Gasteiger partial charge in [0.25, 0.3) is 17.4 Å². The number of amides is 2. The van der Waals surface area contributed by atoms with Crippen molar-refractivity contribution in [2.45, 2.75) is 31.5 Å². The maximum Gasteiger partial charge on any atom is 0.330 e. The van der Waals surface area contributed by atoms with E-state index < -0.39 is 54.2 Å². The van der Waals surface area contributed by atoms with Gasteiger partial charge in [0.15, 0.2) is 6.23 Å². The molecule has 2 aromatic rings. The smallest absolute Gasteiger partial charge is 0.330 e. The molecular weight excluding hydrogens is 410 g/mol. The van der Waals surface area contributed by atoms with Crippen molar-refractivity contribution in [2.24, 2.45) is 0 Å². The number of rotatable bonds is 6. The fourth-order valence-electron chi connectivity index (χ4n) is 3.77. The molecule has 164 valence electrons. The van der Waals surface area contributed by atoms with Crippen LogP contribution in [0.3, 0.4) is 0 Å². The van der Waals surface area contributed by atoms with Crippen LogP contribution in [0.1, 0.15) is 32.5 Å². The van der Waals surface area contributed by atoms with Gasteiger partial charge in [-0.1, -0.05) is 12.1 Å². The minimum Gasteiger partial charge on any atom is -0.394 e. The first-order chi connectivity index (χ1) is 14.8. The van der Waals surface area contributed by atoms with Crippen LogP contribution in [0.25, 0.3) is 0 Å². The molecule has 4 atom stereocenters. The lowest BCUT2D eigenvalue weighted by molar-refractivity contribution is -0.0755. The van der Waals surface area contributed by atoms with Crippen LogP contribution in [-0.4, -0.2) is 74.5 Å². The molecule has 1 saturated heterocycles. The Morgan fingerprint density at radius 3 is 2.39 bits per heavy atom. The van der Waals surface area contributed by atoms with E-state index in [1.54, 1.807) is 24.3 Å². The molecule has 3 N–H and O–H groups in total. The summed E-state index contributed by atoms with van der Waals surface area (Å²) in [5.41, 5.74) is -0.452. The molecule has 4 rings (SSSR count). The zero-order valence-corrected chi connectivity index (χ0v) is 16.6. The van der Waals surface area contributed by atoms with Gasteiger partial charge >= 0.3 is 5.69 Å². The lowest BCUT2D eigenvalue weighted by atomic mass is 10.1. The molecule has 2 amide bonds. The Labute approximate surface area is 175 Å². The monoisotopic (exact) mass is 431 g/mol. The Kier molecular flexibility index (Phi) is 5.58. The van der Waals surface area contributed by atoms with Crippen molar-refractivity contribution in [3.8, 4) is 0 Å². The number of aryl methyl sites for hydroxylation is 1. The Morgan fingerprint density at radius 1 is 1.13 bits per heavy atom. The molecule has 0 radical (unpaired) electrons. The van der Waals surface area contributed by atoms with Gasteiger partial charge < -0.3 is 19.7 Å². The van der Waals surface area contributed by atoms with Gasteiger partial charge in [-0.3, -0.25) is 28.8 Å². The van der Waals surface area contributed by atoms with Crippen LogP contribution in [0.5, 0.6) is 0 Å². The standard InChI is InChI=1S/C20H21N3O8/c1-10-8-23(20(29)21-16(10)26)19-15(14(25)13(9-24)31-19)30-7-6-22-17(27)11-4-2-3-5-12(11)18(22)28/h2-5,8,13-15,19,24-25H,6-7,9H2,1H3,(H,21,26,29)/t13-,14?,15?,19-/m1/s1. The third kappa shape index (κ3) is 3.61. The number of ether oxygens (including phenoxy) is 2. The molecule has 2 unspecified atom stereocenters. The van der Waals surface area contributed by atoms with Crippen molar-refractivity contribution in [3.05, 3.63) is 68.0 Å². The number of benzene rings is 1. The van der Waals surface area contributed by atoms with Crippen LogP contribution < -0.4 is 11.2 Å². The summed E-state index contributed by atoms with van der Waals surface area (Å²) in [5, 5.41) is 20.0. The number of hydrogen-bond acceptors (Lipinski definition) is 8. The van der Waals surface area contributed by atoms with Crippen molar-refractivity contribution in [2.75, 3.05) is 19.8 Å². The van der Waals surface area contributed by atoms with Crippen molar-refractivity contribution < 1.29 is 29.3 Å². The van der Waals surface area contributed by atoms with Gasteiger partial charge in [0.1, 0.15) is 18.3 Å². The number of aliphatic hydroxyl groups excluding tert-OH is 2. The number of carbonyl (C=O) groups is 2. The van der Waals surface area contributed by atoms with Crippen molar-refractivity contribution in [3.63, 3.8) is 0 Å². The Hall–Kier alpha value is -3.12. The molecule has 1 aromatic heterocycles. The van der Waals surface area contributed by atoms with E-state index in [9.17, 15) is 29.4 Å². The zero-order valence-electron chi connectivity index (χ0n) is 16.6. The summed E-state index contributed by atoms with van der Waals surface area (Å²) in [5.74, 6) is -0.880. The topological polar surface area (TPSA) is 151 Å². The SMILES string of the molecule is Cc1cn([C@@H]2O[C@H](CO)C(O)C2OCCN2C(=O)c3ccccc3C2=O)c(=O)[nH]c1=O. The molecule has 3 heterocycles. The normalized spacial score (nSPS) is 25.3. The highest BCUT2D eigenvalue weighted by molar-refractivity contribution is 6.21. The Balaban J connectivity index is 1.51. The molecule has 0 spiro atoms. The third-order valence-electron chi connectivity index (χ3n) is 5.42. The quantitative estimate of drug-likeness (QED) is 0.482. The number of carbonyl (C=O) groups excluding carboxylic acids is 2. The van der Waals surface area contributed by atoms with E-state index in [0.29, 0.717) is 11.1 Å². The summed E-state index contributed by atoms with van der Waals surface area (Å²) in [6.07, 6.45) is -3.24. The molecule has 0 saturated carbocycles. The summed E-state index contributed by atoms with van der Waals surface area (Å²) >= 11 is 0. The first kappa shape index (κ1) is 21.1. The van der Waals surface area contributed by atoms with Gasteiger partial charge in [0.05, 0.1) is 30.9 Å². The van der Waals surface area contributed by atoms with Crippen LogP contribution >= 0.6 is 0 Å². The van der Waals surface area contributed by atoms with E-state index in [1.807, 2.05) is 0 Å². The highest BCUT2D eigenvalue weighted by atomic mass is 16.6. The van der Waals surface area contributed by atoms with E-state index in [4.69, 9.17) is 9.47 Å². The van der Waals surface area contributed by atoms with Gasteiger partial charge in [-0.2, -0.15) is 0 Å². The van der Waals surface area contributed by atoms with E-state index in [-0.39, 0.29) is 18.7 Å². The molecule has 1 fully saturated rings. The van der Waals surface area contributed by atoms with Gasteiger partial charge in [-0.25, -0.2) is 4.79 Å². The zero-order chi connectivity index (χ0) is 22.3. The number of imide groups is 1. The molecule has 2 aliphatic rings. The summed E-state index contributed by atoms with van der Waals surface area (Å²) < 4.78 is 12.4. The number of nitrogens with one attached hydrogen (secondary N) is 1. The number of aromatic amines is 1. The third-order valence-corrected chi connectivity index (χ3v) is 5.42. The molecule has 11 heteroatoms. The number of fused-ring (bicyclic) bond motifs is 1. The first-order valence-corrected chi connectivity index (χ1v) is 9.66. The Bertz CT molecular complexity index is 1100. The molecule has 2 aliphatic heterocycles. The van der Waals surface area contributed by atoms with E-state index in [1.165, 1.54) is 13.1 Å². The van der Waals surface area contributed by atoms with E-state index in [2.05, 4.69) is 4.98 Å². The highest BCUT2D eigenvalue weighted by Crippen LogP contribution is 2.31. The number of aliphatic hydroxyl groups is 2. The molecular formula is C20H21N3O8. The number of hydrogen-bond donors (Lipinski definition) is 3. The largest absolute Gasteiger partial charge is 0.394 e. The minimum absolute atomic E-state index is 0.0778. The van der Waals surface area contributed by atoms with Crippen molar-refractivity contribution in [1.29, 1.82) is 0 Å². The maximum atomic E-state index is 12.5. The van der Waals surface area contributed by atoms with Crippen LogP contribution in [-0.2, 0) is 9.47 Å². The van der Waals surface area contributed by atoms with Gasteiger partial charge in [0, 0.05) is 11.8 Å². The second kappa shape index (κ2) is 8.19. The lowest BCUT2D eigenvalue weighted by Gasteiger charge is -2.23. The predicted octanol–water partition coefficient (Wildman–Crippen LogP) is -1.22. The summed E-state index contributed by atoms with van der Waals surface area (Å²) in [4.78, 5) is 52.0. The van der Waals surface area contributed by atoms with Gasteiger partial charge in [-0.05, 0) is 19.1 Å². The van der Waals surface area contributed by atoms with Gasteiger partial charge in [0.2, 0.25) is 0 Å². The highest BCUT2D eigenvalue weighted by Gasteiger charge is 2.46.